The highest BCUT2D eigenvalue weighted by Gasteiger charge is 2.50. The SMILES string of the molecule is O[C@H](CN1CC(Cc2cccc(N3CC4(COC4)C3)c2)(c2cccc(OC(F)(F)F)c2)c2ccccc21)C(F)(F)F. The van der Waals surface area contributed by atoms with E-state index < -0.39 is 36.4 Å². The van der Waals surface area contributed by atoms with Crippen molar-refractivity contribution in [1.29, 1.82) is 0 Å². The van der Waals surface area contributed by atoms with Gasteiger partial charge in [-0.15, -0.1) is 13.2 Å². The first-order chi connectivity index (χ1) is 19.4. The molecule has 2 saturated heterocycles. The normalized spacial score (nSPS) is 22.2. The van der Waals surface area contributed by atoms with Crippen molar-refractivity contribution in [2.45, 2.75) is 30.5 Å². The number of aliphatic hydroxyl groups is 1. The lowest BCUT2D eigenvalue weighted by Gasteiger charge is -2.56. The molecular formula is C30H28F6N2O3. The molecule has 0 bridgehead atoms. The van der Waals surface area contributed by atoms with Crippen LogP contribution in [0.5, 0.6) is 5.75 Å². The molecule has 5 nitrogen and oxygen atoms in total. The van der Waals surface area contributed by atoms with E-state index in [1.54, 1.807) is 30.3 Å². The lowest BCUT2D eigenvalue weighted by atomic mass is 9.71. The molecule has 0 amide bonds. The summed E-state index contributed by atoms with van der Waals surface area (Å²) in [5.74, 6) is -0.414. The van der Waals surface area contributed by atoms with Gasteiger partial charge in [0.1, 0.15) is 5.75 Å². The number of ether oxygens (including phenoxy) is 2. The standard InChI is InChI=1S/C30H28F6N2O3/c31-29(32,33)26(39)14-37-17-28(24-9-1-2-10-25(24)37,21-6-4-8-23(12-21)41-30(34,35)36)13-20-5-3-7-22(11-20)38-15-27(16-38)18-40-19-27/h1-12,26,39H,13-19H2/t26-,28?/m1/s1. The Morgan fingerprint density at radius 1 is 0.878 bits per heavy atom. The number of hydrogen-bond donors (Lipinski definition) is 1. The van der Waals surface area contributed by atoms with Gasteiger partial charge >= 0.3 is 12.5 Å². The molecule has 0 radical (unpaired) electrons. The van der Waals surface area contributed by atoms with Crippen molar-refractivity contribution in [3.63, 3.8) is 0 Å². The van der Waals surface area contributed by atoms with Crippen LogP contribution < -0.4 is 14.5 Å². The van der Waals surface area contributed by atoms with E-state index in [0.717, 1.165) is 37.6 Å². The van der Waals surface area contributed by atoms with E-state index in [4.69, 9.17) is 4.74 Å². The second-order valence-electron chi connectivity index (χ2n) is 11.3. The summed E-state index contributed by atoms with van der Waals surface area (Å²) in [7, 11) is 0. The van der Waals surface area contributed by atoms with Crippen LogP contribution in [0.4, 0.5) is 37.7 Å². The van der Waals surface area contributed by atoms with Crippen LogP contribution in [-0.2, 0) is 16.6 Å². The predicted molar refractivity (Wildman–Crippen MR) is 140 cm³/mol. The van der Waals surface area contributed by atoms with Crippen molar-refractivity contribution in [2.24, 2.45) is 5.41 Å². The number of nitrogens with zero attached hydrogens (tertiary/aromatic N) is 2. The second-order valence-corrected chi connectivity index (χ2v) is 11.3. The zero-order valence-corrected chi connectivity index (χ0v) is 21.9. The highest BCUT2D eigenvalue weighted by Crippen LogP contribution is 2.49. The van der Waals surface area contributed by atoms with Crippen molar-refractivity contribution < 1.29 is 40.9 Å². The molecule has 1 spiro atoms. The molecule has 2 fully saturated rings. The minimum absolute atomic E-state index is 0.0172. The van der Waals surface area contributed by atoms with Gasteiger partial charge in [0.15, 0.2) is 6.10 Å². The Morgan fingerprint density at radius 3 is 2.29 bits per heavy atom. The largest absolute Gasteiger partial charge is 0.573 e. The van der Waals surface area contributed by atoms with Gasteiger partial charge in [-0.1, -0.05) is 42.5 Å². The summed E-state index contributed by atoms with van der Waals surface area (Å²) in [5.41, 5.74) is 2.67. The number of benzene rings is 3. The van der Waals surface area contributed by atoms with Crippen molar-refractivity contribution >= 4 is 11.4 Å². The average Bonchev–Trinajstić information content (AvgIpc) is 3.15. The maximum atomic E-state index is 13.4. The topological polar surface area (TPSA) is 45.2 Å². The average molecular weight is 579 g/mol. The lowest BCUT2D eigenvalue weighted by Crippen LogP contribution is -2.66. The maximum absolute atomic E-state index is 13.4. The molecule has 0 aliphatic carbocycles. The van der Waals surface area contributed by atoms with Crippen LogP contribution in [0.25, 0.3) is 0 Å². The van der Waals surface area contributed by atoms with Gasteiger partial charge in [-0.25, -0.2) is 0 Å². The fourth-order valence-corrected chi connectivity index (χ4v) is 6.35. The van der Waals surface area contributed by atoms with Crippen LogP contribution in [0, 0.1) is 5.41 Å². The number of β-amino-alcohol motifs (C(OH)–C–C–N with tert-alkyl or cyclic N) is 1. The minimum atomic E-state index is -4.91. The summed E-state index contributed by atoms with van der Waals surface area (Å²) < 4.78 is 89.1. The van der Waals surface area contributed by atoms with Crippen LogP contribution in [0.1, 0.15) is 16.7 Å². The highest BCUT2D eigenvalue weighted by atomic mass is 19.4. The number of fused-ring (bicyclic) bond motifs is 1. The van der Waals surface area contributed by atoms with E-state index in [0.29, 0.717) is 23.2 Å². The third-order valence-corrected chi connectivity index (χ3v) is 8.26. The van der Waals surface area contributed by atoms with Gasteiger partial charge in [0.05, 0.1) is 25.2 Å². The molecule has 2 atom stereocenters. The number of aliphatic hydroxyl groups excluding tert-OH is 1. The van der Waals surface area contributed by atoms with Gasteiger partial charge in [0.2, 0.25) is 0 Å². The zero-order valence-electron chi connectivity index (χ0n) is 21.9. The smallest absolute Gasteiger partial charge is 0.406 e. The van der Waals surface area contributed by atoms with Gasteiger partial charge in [0, 0.05) is 36.4 Å². The van der Waals surface area contributed by atoms with Crippen LogP contribution in [0.15, 0.2) is 72.8 Å². The molecule has 0 saturated carbocycles. The Bertz CT molecular complexity index is 1420. The molecule has 6 rings (SSSR count). The first kappa shape index (κ1) is 27.7. The summed E-state index contributed by atoms with van der Waals surface area (Å²) >= 11 is 0. The summed E-state index contributed by atoms with van der Waals surface area (Å²) in [6.07, 6.45) is -12.0. The van der Waals surface area contributed by atoms with E-state index in [9.17, 15) is 31.4 Å². The first-order valence-corrected chi connectivity index (χ1v) is 13.2. The summed E-state index contributed by atoms with van der Waals surface area (Å²) in [6.45, 7) is 2.51. The highest BCUT2D eigenvalue weighted by molar-refractivity contribution is 5.67. The Hall–Kier alpha value is -3.44. The zero-order chi connectivity index (χ0) is 29.0. The Kier molecular flexibility index (Phi) is 6.65. The molecule has 1 unspecified atom stereocenters. The number of alkyl halides is 6. The first-order valence-electron chi connectivity index (χ1n) is 13.2. The van der Waals surface area contributed by atoms with Gasteiger partial charge in [-0.3, -0.25) is 0 Å². The van der Waals surface area contributed by atoms with Crippen LogP contribution in [0.3, 0.4) is 0 Å². The molecule has 3 aromatic rings. The Labute approximate surface area is 232 Å². The van der Waals surface area contributed by atoms with Crippen molar-refractivity contribution in [3.05, 3.63) is 89.5 Å². The molecule has 1 N–H and O–H groups in total. The molecule has 3 heterocycles. The van der Waals surface area contributed by atoms with E-state index in [1.807, 2.05) is 24.3 Å². The summed E-state index contributed by atoms with van der Waals surface area (Å²) in [5, 5.41) is 9.95. The predicted octanol–water partition coefficient (Wildman–Crippen LogP) is 5.69. The third kappa shape index (κ3) is 5.32. The Morgan fingerprint density at radius 2 is 1.61 bits per heavy atom. The molecule has 41 heavy (non-hydrogen) atoms. The van der Waals surface area contributed by atoms with Gasteiger partial charge in [-0.2, -0.15) is 13.2 Å². The number of para-hydroxylation sites is 1. The van der Waals surface area contributed by atoms with Crippen LogP contribution in [0.2, 0.25) is 0 Å². The minimum Gasteiger partial charge on any atom is -0.406 e. The molecular weight excluding hydrogens is 550 g/mol. The van der Waals surface area contributed by atoms with Crippen molar-refractivity contribution in [1.82, 2.24) is 0 Å². The van der Waals surface area contributed by atoms with Gasteiger partial charge in [-0.05, 0) is 53.4 Å². The van der Waals surface area contributed by atoms with E-state index in [2.05, 4.69) is 9.64 Å². The van der Waals surface area contributed by atoms with Gasteiger partial charge < -0.3 is 24.4 Å². The quantitative estimate of drug-likeness (QED) is 0.365. The van der Waals surface area contributed by atoms with E-state index >= 15 is 0 Å². The molecule has 3 aliphatic rings. The van der Waals surface area contributed by atoms with Crippen molar-refractivity contribution in [2.75, 3.05) is 49.2 Å². The molecule has 3 aromatic carbocycles. The monoisotopic (exact) mass is 578 g/mol. The number of halogens is 6. The van der Waals surface area contributed by atoms with Crippen LogP contribution in [-0.4, -0.2) is 63.1 Å². The molecule has 0 aromatic heterocycles. The fraction of sp³-hybridized carbons (Fsp3) is 0.400. The molecule has 11 heteroatoms. The maximum Gasteiger partial charge on any atom is 0.573 e. The van der Waals surface area contributed by atoms with Crippen LogP contribution >= 0.6 is 0 Å². The third-order valence-electron chi connectivity index (χ3n) is 8.26. The molecule has 218 valence electrons. The van der Waals surface area contributed by atoms with Gasteiger partial charge in [0.25, 0.3) is 0 Å². The van der Waals surface area contributed by atoms with E-state index in [1.165, 1.54) is 23.1 Å². The lowest BCUT2D eigenvalue weighted by molar-refractivity contribution is -0.274. The summed E-state index contributed by atoms with van der Waals surface area (Å²) in [6, 6.07) is 20.4. The molecule has 3 aliphatic heterocycles. The second kappa shape index (κ2) is 9.84. The Balaban J connectivity index is 1.40. The number of rotatable bonds is 7. The fourth-order valence-electron chi connectivity index (χ4n) is 6.35. The van der Waals surface area contributed by atoms with Crippen molar-refractivity contribution in [3.8, 4) is 5.75 Å². The number of hydrogen-bond acceptors (Lipinski definition) is 5. The summed E-state index contributed by atoms with van der Waals surface area (Å²) in [4.78, 5) is 3.70. The number of anilines is 2. The van der Waals surface area contributed by atoms with E-state index in [-0.39, 0.29) is 12.0 Å².